The topological polar surface area (TPSA) is 72.2 Å². The minimum atomic E-state index is -0.540. The van der Waals surface area contributed by atoms with Crippen molar-refractivity contribution in [3.63, 3.8) is 0 Å². The van der Waals surface area contributed by atoms with E-state index in [-0.39, 0.29) is 16.1 Å². The van der Waals surface area contributed by atoms with Crippen molar-refractivity contribution in [2.75, 3.05) is 0 Å². The molecule has 0 aliphatic rings. The first-order valence-corrected chi connectivity index (χ1v) is 3.76. The molecule has 0 aromatic heterocycles. The number of hydrazine groups is 1. The molecule has 0 aliphatic heterocycles. The summed E-state index contributed by atoms with van der Waals surface area (Å²) in [5.41, 5.74) is 2.22. The van der Waals surface area contributed by atoms with Crippen LogP contribution in [0.5, 0.6) is 0 Å². The summed E-state index contributed by atoms with van der Waals surface area (Å²) in [4.78, 5) is 21.4. The van der Waals surface area contributed by atoms with Crippen molar-refractivity contribution in [2.24, 2.45) is 5.84 Å². The highest BCUT2D eigenvalue weighted by atomic mass is 35.5. The SMILES string of the molecule is NNC(=O)c1cccc([C]=O)c1Cl. The van der Waals surface area contributed by atoms with Crippen LogP contribution in [-0.2, 0) is 4.79 Å². The van der Waals surface area contributed by atoms with Crippen molar-refractivity contribution in [3.8, 4) is 0 Å². The second kappa shape index (κ2) is 4.02. The quantitative estimate of drug-likeness (QED) is 0.410. The molecule has 4 nitrogen and oxygen atoms in total. The maximum absolute atomic E-state index is 11.1. The molecule has 1 rings (SSSR count). The second-order valence-electron chi connectivity index (χ2n) is 2.24. The van der Waals surface area contributed by atoms with Gasteiger partial charge in [0.25, 0.3) is 5.91 Å². The first-order chi connectivity index (χ1) is 6.20. The van der Waals surface area contributed by atoms with Crippen LogP contribution < -0.4 is 11.3 Å². The first kappa shape index (κ1) is 9.70. The van der Waals surface area contributed by atoms with Gasteiger partial charge in [0.05, 0.1) is 10.6 Å². The van der Waals surface area contributed by atoms with Gasteiger partial charge in [-0.2, -0.15) is 0 Å². The van der Waals surface area contributed by atoms with Gasteiger partial charge in [-0.25, -0.2) is 5.84 Å². The van der Waals surface area contributed by atoms with Crippen molar-refractivity contribution < 1.29 is 9.59 Å². The highest BCUT2D eigenvalue weighted by Crippen LogP contribution is 2.19. The maximum Gasteiger partial charge on any atom is 0.266 e. The minimum Gasteiger partial charge on any atom is -0.290 e. The van der Waals surface area contributed by atoms with Crippen molar-refractivity contribution in [1.82, 2.24) is 5.43 Å². The zero-order valence-corrected chi connectivity index (χ0v) is 7.26. The molecular weight excluding hydrogens is 192 g/mol. The fourth-order valence-electron chi connectivity index (χ4n) is 0.864. The molecule has 5 heteroatoms. The van der Waals surface area contributed by atoms with Crippen LogP contribution in [0.15, 0.2) is 18.2 Å². The van der Waals surface area contributed by atoms with E-state index in [1.807, 2.05) is 5.43 Å². The van der Waals surface area contributed by atoms with Gasteiger partial charge >= 0.3 is 0 Å². The van der Waals surface area contributed by atoms with Gasteiger partial charge in [0, 0.05) is 5.56 Å². The number of amides is 1. The molecule has 0 atom stereocenters. The summed E-state index contributed by atoms with van der Waals surface area (Å²) in [6, 6.07) is 4.45. The van der Waals surface area contributed by atoms with Gasteiger partial charge in [0.1, 0.15) is 0 Å². The Hall–Kier alpha value is -1.39. The zero-order valence-electron chi connectivity index (χ0n) is 6.50. The van der Waals surface area contributed by atoms with Crippen molar-refractivity contribution in [3.05, 3.63) is 34.3 Å². The van der Waals surface area contributed by atoms with Gasteiger partial charge in [-0.05, 0) is 12.1 Å². The molecule has 0 heterocycles. The second-order valence-corrected chi connectivity index (χ2v) is 2.62. The summed E-state index contributed by atoms with van der Waals surface area (Å²) in [5, 5.41) is 0.0560. The van der Waals surface area contributed by atoms with Crippen LogP contribution in [0.4, 0.5) is 0 Å². The highest BCUT2D eigenvalue weighted by molar-refractivity contribution is 6.36. The smallest absolute Gasteiger partial charge is 0.266 e. The van der Waals surface area contributed by atoms with E-state index in [0.29, 0.717) is 0 Å². The van der Waals surface area contributed by atoms with Crippen LogP contribution in [-0.4, -0.2) is 12.2 Å². The third-order valence-corrected chi connectivity index (χ3v) is 1.89. The maximum atomic E-state index is 11.1. The molecule has 1 aromatic carbocycles. The van der Waals surface area contributed by atoms with E-state index in [4.69, 9.17) is 17.4 Å². The molecule has 0 saturated heterocycles. The van der Waals surface area contributed by atoms with Crippen molar-refractivity contribution in [1.29, 1.82) is 0 Å². The molecule has 0 unspecified atom stereocenters. The van der Waals surface area contributed by atoms with Gasteiger partial charge in [-0.3, -0.25) is 15.0 Å². The molecule has 67 valence electrons. The third-order valence-electron chi connectivity index (χ3n) is 1.48. The van der Waals surface area contributed by atoms with Crippen LogP contribution in [0.25, 0.3) is 0 Å². The number of rotatable bonds is 2. The van der Waals surface area contributed by atoms with Crippen LogP contribution in [0.1, 0.15) is 15.9 Å². The van der Waals surface area contributed by atoms with E-state index < -0.39 is 5.91 Å². The van der Waals surface area contributed by atoms with Gasteiger partial charge in [-0.15, -0.1) is 0 Å². The van der Waals surface area contributed by atoms with Crippen LogP contribution >= 0.6 is 11.6 Å². The molecule has 3 N–H and O–H groups in total. The number of nitrogens with two attached hydrogens (primary N) is 1. The summed E-state index contributed by atoms with van der Waals surface area (Å²) in [7, 11) is 0. The molecule has 0 aliphatic carbocycles. The van der Waals surface area contributed by atoms with Gasteiger partial charge in [-0.1, -0.05) is 17.7 Å². The van der Waals surface area contributed by atoms with Crippen LogP contribution in [0.3, 0.4) is 0 Å². The summed E-state index contributed by atoms with van der Waals surface area (Å²) < 4.78 is 0. The molecule has 1 amide bonds. The number of nitrogen functional groups attached to an aromatic ring is 1. The third kappa shape index (κ3) is 1.85. The van der Waals surface area contributed by atoms with E-state index in [1.165, 1.54) is 18.2 Å². The molecule has 1 aromatic rings. The Kier molecular flexibility index (Phi) is 3.00. The lowest BCUT2D eigenvalue weighted by atomic mass is 10.1. The average Bonchev–Trinajstić information content (AvgIpc) is 2.17. The Balaban J connectivity index is 3.23. The van der Waals surface area contributed by atoms with Gasteiger partial charge in [0.15, 0.2) is 0 Å². The van der Waals surface area contributed by atoms with E-state index in [2.05, 4.69) is 0 Å². The van der Waals surface area contributed by atoms with E-state index >= 15 is 0 Å². The summed E-state index contributed by atoms with van der Waals surface area (Å²) in [6.07, 6.45) is 1.61. The molecule has 1 radical (unpaired) electrons. The Bertz CT molecular complexity index is 352. The summed E-state index contributed by atoms with van der Waals surface area (Å²) in [5.74, 6) is 4.37. The van der Waals surface area contributed by atoms with Crippen molar-refractivity contribution >= 4 is 23.8 Å². The summed E-state index contributed by atoms with van der Waals surface area (Å²) >= 11 is 5.70. The Labute approximate surface area is 79.6 Å². The number of hydrogen-bond acceptors (Lipinski definition) is 3. The largest absolute Gasteiger partial charge is 0.290 e. The van der Waals surface area contributed by atoms with Crippen LogP contribution in [0.2, 0.25) is 5.02 Å². The van der Waals surface area contributed by atoms with Crippen molar-refractivity contribution in [2.45, 2.75) is 0 Å². The first-order valence-electron chi connectivity index (χ1n) is 3.38. The highest BCUT2D eigenvalue weighted by Gasteiger charge is 2.11. The van der Waals surface area contributed by atoms with E-state index in [0.717, 1.165) is 0 Å². The average molecular weight is 198 g/mol. The van der Waals surface area contributed by atoms with Gasteiger partial charge < -0.3 is 0 Å². The monoisotopic (exact) mass is 197 g/mol. The van der Waals surface area contributed by atoms with Crippen LogP contribution in [0, 0.1) is 0 Å². The number of nitrogens with one attached hydrogen (secondary N) is 1. The Morgan fingerprint density at radius 1 is 1.54 bits per heavy atom. The number of hydrogen-bond donors (Lipinski definition) is 2. The predicted molar refractivity (Wildman–Crippen MR) is 47.9 cm³/mol. The van der Waals surface area contributed by atoms with Gasteiger partial charge in [0.2, 0.25) is 6.29 Å². The molecule has 0 bridgehead atoms. The standard InChI is InChI=1S/C8H6ClN2O2/c9-7-5(4-12)2-1-3-6(7)8(13)11-10/h1-3H,10H2,(H,11,13). The lowest BCUT2D eigenvalue weighted by molar-refractivity contribution is 0.0954. The van der Waals surface area contributed by atoms with E-state index in [9.17, 15) is 9.59 Å². The Morgan fingerprint density at radius 3 is 2.77 bits per heavy atom. The Morgan fingerprint density at radius 2 is 2.23 bits per heavy atom. The normalized spacial score (nSPS) is 9.38. The minimum absolute atomic E-state index is 0.0560. The van der Waals surface area contributed by atoms with E-state index in [1.54, 1.807) is 6.29 Å². The number of halogens is 1. The molecular formula is C8H6ClN2O2. The fourth-order valence-corrected chi connectivity index (χ4v) is 1.11. The molecule has 13 heavy (non-hydrogen) atoms. The number of benzene rings is 1. The summed E-state index contributed by atoms with van der Waals surface area (Å²) in [6.45, 7) is 0. The lowest BCUT2D eigenvalue weighted by Gasteiger charge is -2.02. The number of carbonyl (C=O) groups is 1. The number of carbonyl (C=O) groups excluding carboxylic acids is 2. The molecule has 0 fully saturated rings. The lowest BCUT2D eigenvalue weighted by Crippen LogP contribution is -2.30. The molecule has 0 spiro atoms. The molecule has 0 saturated carbocycles. The zero-order chi connectivity index (χ0) is 9.84. The fraction of sp³-hybridized carbons (Fsp3) is 0. The predicted octanol–water partition coefficient (Wildman–Crippen LogP) is 0.401.